The number of aryl methyl sites for hydroxylation is 1. The minimum Gasteiger partial charge on any atom is -0.366 e. The van der Waals surface area contributed by atoms with Gasteiger partial charge in [0.25, 0.3) is 0 Å². The molecule has 5 nitrogen and oxygen atoms in total. The van der Waals surface area contributed by atoms with Gasteiger partial charge in [-0.1, -0.05) is 13.0 Å². The van der Waals surface area contributed by atoms with E-state index in [-0.39, 0.29) is 18.3 Å². The second kappa shape index (κ2) is 8.89. The van der Waals surface area contributed by atoms with Crippen molar-refractivity contribution in [1.29, 1.82) is 0 Å². The summed E-state index contributed by atoms with van der Waals surface area (Å²) in [5, 5.41) is 6.26. The van der Waals surface area contributed by atoms with E-state index in [9.17, 15) is 9.59 Å². The third-order valence-corrected chi connectivity index (χ3v) is 4.49. The van der Waals surface area contributed by atoms with Crippen molar-refractivity contribution in [2.24, 2.45) is 17.6 Å². The fourth-order valence-corrected chi connectivity index (χ4v) is 2.98. The van der Waals surface area contributed by atoms with Crippen LogP contribution >= 0.6 is 12.4 Å². The Morgan fingerprint density at radius 2 is 2.00 bits per heavy atom. The van der Waals surface area contributed by atoms with Crippen LogP contribution in [0.15, 0.2) is 18.2 Å². The largest absolute Gasteiger partial charge is 0.366 e. The Bertz CT molecular complexity index is 557. The number of carbonyl (C=O) groups is 2. The second-order valence-electron chi connectivity index (χ2n) is 6.21. The van der Waals surface area contributed by atoms with Crippen molar-refractivity contribution in [2.75, 3.05) is 18.4 Å². The lowest BCUT2D eigenvalue weighted by atomic mass is 9.84. The number of hydrogen-bond donors (Lipinski definition) is 3. The number of rotatable bonds is 5. The molecule has 128 valence electrons. The molecule has 1 aliphatic rings. The van der Waals surface area contributed by atoms with Crippen LogP contribution in [0.2, 0.25) is 0 Å². The number of halogens is 1. The molecule has 1 unspecified atom stereocenters. The van der Waals surface area contributed by atoms with Crippen LogP contribution in [-0.2, 0) is 4.79 Å². The maximum absolute atomic E-state index is 12.3. The van der Waals surface area contributed by atoms with Gasteiger partial charge in [-0.15, -0.1) is 12.4 Å². The van der Waals surface area contributed by atoms with E-state index in [2.05, 4.69) is 17.6 Å². The standard InChI is InChI=1S/C17H25N3O2.ClH/c1-11-3-4-14(17(18)22)10-15(11)20-16(21)9-12(2)13-5-7-19-8-6-13;/h3-4,10,12-13,19H,5-9H2,1-2H3,(H2,18,22)(H,20,21);1H. The molecule has 1 aromatic rings. The zero-order valence-electron chi connectivity index (χ0n) is 13.7. The molecular formula is C17H26ClN3O2. The quantitative estimate of drug-likeness (QED) is 0.770. The number of nitrogens with one attached hydrogen (secondary N) is 2. The third kappa shape index (κ3) is 5.52. The van der Waals surface area contributed by atoms with Crippen LogP contribution in [0, 0.1) is 18.8 Å². The summed E-state index contributed by atoms with van der Waals surface area (Å²) < 4.78 is 0. The van der Waals surface area contributed by atoms with E-state index in [1.807, 2.05) is 6.92 Å². The molecule has 2 rings (SSSR count). The summed E-state index contributed by atoms with van der Waals surface area (Å²) in [4.78, 5) is 23.5. The van der Waals surface area contributed by atoms with Crippen LogP contribution in [0.3, 0.4) is 0 Å². The van der Waals surface area contributed by atoms with Crippen LogP contribution in [0.5, 0.6) is 0 Å². The molecule has 0 aliphatic carbocycles. The molecule has 0 saturated carbocycles. The minimum atomic E-state index is -0.487. The summed E-state index contributed by atoms with van der Waals surface area (Å²) in [6, 6.07) is 5.11. The highest BCUT2D eigenvalue weighted by atomic mass is 35.5. The highest BCUT2D eigenvalue weighted by Gasteiger charge is 2.22. The predicted molar refractivity (Wildman–Crippen MR) is 94.9 cm³/mol. The van der Waals surface area contributed by atoms with Gasteiger partial charge in [-0.05, 0) is 62.4 Å². The zero-order valence-corrected chi connectivity index (χ0v) is 14.5. The fraction of sp³-hybridized carbons (Fsp3) is 0.529. The van der Waals surface area contributed by atoms with Crippen molar-refractivity contribution in [2.45, 2.75) is 33.1 Å². The number of anilines is 1. The van der Waals surface area contributed by atoms with Crippen LogP contribution in [0.4, 0.5) is 5.69 Å². The summed E-state index contributed by atoms with van der Waals surface area (Å²) in [6.07, 6.45) is 2.76. The average Bonchev–Trinajstić information content (AvgIpc) is 2.50. The first-order chi connectivity index (χ1) is 10.5. The Labute approximate surface area is 143 Å². The molecule has 0 radical (unpaired) electrons. The van der Waals surface area contributed by atoms with Gasteiger partial charge in [0.05, 0.1) is 0 Å². The first-order valence-corrected chi connectivity index (χ1v) is 7.88. The molecule has 23 heavy (non-hydrogen) atoms. The lowest BCUT2D eigenvalue weighted by molar-refractivity contribution is -0.117. The number of nitrogens with two attached hydrogens (primary N) is 1. The smallest absolute Gasteiger partial charge is 0.248 e. The van der Waals surface area contributed by atoms with E-state index in [0.717, 1.165) is 31.5 Å². The van der Waals surface area contributed by atoms with Crippen LogP contribution in [0.25, 0.3) is 0 Å². The van der Waals surface area contributed by atoms with E-state index >= 15 is 0 Å². The molecule has 2 amide bonds. The van der Waals surface area contributed by atoms with Crippen molar-refractivity contribution >= 4 is 29.9 Å². The summed E-state index contributed by atoms with van der Waals surface area (Å²) >= 11 is 0. The lowest BCUT2D eigenvalue weighted by Gasteiger charge is -2.28. The van der Waals surface area contributed by atoms with Crippen LogP contribution in [-0.4, -0.2) is 24.9 Å². The summed E-state index contributed by atoms with van der Waals surface area (Å²) in [7, 11) is 0. The highest BCUT2D eigenvalue weighted by molar-refractivity contribution is 5.97. The molecule has 1 heterocycles. The highest BCUT2D eigenvalue weighted by Crippen LogP contribution is 2.25. The van der Waals surface area contributed by atoms with Crippen molar-refractivity contribution in [3.63, 3.8) is 0 Å². The number of piperidine rings is 1. The van der Waals surface area contributed by atoms with Gasteiger partial charge < -0.3 is 16.4 Å². The van der Waals surface area contributed by atoms with Gasteiger partial charge in [-0.25, -0.2) is 0 Å². The molecule has 0 aromatic heterocycles. The number of hydrogen-bond acceptors (Lipinski definition) is 3. The van der Waals surface area contributed by atoms with E-state index < -0.39 is 5.91 Å². The Kier molecular flexibility index (Phi) is 7.52. The topological polar surface area (TPSA) is 84.2 Å². The Hall–Kier alpha value is -1.59. The average molecular weight is 340 g/mol. The number of benzene rings is 1. The van der Waals surface area contributed by atoms with Crippen molar-refractivity contribution in [1.82, 2.24) is 5.32 Å². The van der Waals surface area contributed by atoms with Crippen LogP contribution < -0.4 is 16.4 Å². The molecule has 4 N–H and O–H groups in total. The first-order valence-electron chi connectivity index (χ1n) is 7.88. The number of carbonyl (C=O) groups excluding carboxylic acids is 2. The fourth-order valence-electron chi connectivity index (χ4n) is 2.98. The maximum atomic E-state index is 12.3. The molecule has 1 fully saturated rings. The van der Waals surface area contributed by atoms with Crippen molar-refractivity contribution in [3.8, 4) is 0 Å². The molecule has 0 bridgehead atoms. The third-order valence-electron chi connectivity index (χ3n) is 4.49. The monoisotopic (exact) mass is 339 g/mol. The molecule has 1 atom stereocenters. The lowest BCUT2D eigenvalue weighted by Crippen LogP contribution is -2.32. The number of primary amides is 1. The van der Waals surface area contributed by atoms with Gasteiger partial charge in [-0.3, -0.25) is 9.59 Å². The van der Waals surface area contributed by atoms with E-state index in [1.165, 1.54) is 0 Å². The molecule has 1 aliphatic heterocycles. The van der Waals surface area contributed by atoms with Gasteiger partial charge in [0.1, 0.15) is 0 Å². The maximum Gasteiger partial charge on any atom is 0.248 e. The molecule has 1 aromatic carbocycles. The van der Waals surface area contributed by atoms with Crippen molar-refractivity contribution in [3.05, 3.63) is 29.3 Å². The second-order valence-corrected chi connectivity index (χ2v) is 6.21. The Morgan fingerprint density at radius 3 is 2.61 bits per heavy atom. The van der Waals surface area contributed by atoms with E-state index in [0.29, 0.717) is 29.5 Å². The minimum absolute atomic E-state index is 0. The summed E-state index contributed by atoms with van der Waals surface area (Å²) in [5.74, 6) is 0.473. The molecule has 0 spiro atoms. The van der Waals surface area contributed by atoms with Gasteiger partial charge in [-0.2, -0.15) is 0 Å². The van der Waals surface area contributed by atoms with E-state index in [1.54, 1.807) is 18.2 Å². The molecular weight excluding hydrogens is 314 g/mol. The van der Waals surface area contributed by atoms with Crippen LogP contribution in [0.1, 0.15) is 42.1 Å². The summed E-state index contributed by atoms with van der Waals surface area (Å²) in [5.41, 5.74) is 7.28. The Morgan fingerprint density at radius 1 is 1.35 bits per heavy atom. The molecule has 6 heteroatoms. The predicted octanol–water partition coefficient (Wildman–Crippen LogP) is 2.48. The normalized spacial score (nSPS) is 16.3. The van der Waals surface area contributed by atoms with E-state index in [4.69, 9.17) is 5.73 Å². The van der Waals surface area contributed by atoms with Gasteiger partial charge in [0, 0.05) is 17.7 Å². The van der Waals surface area contributed by atoms with Gasteiger partial charge in [0.15, 0.2) is 0 Å². The number of amides is 2. The molecule has 1 saturated heterocycles. The van der Waals surface area contributed by atoms with Gasteiger partial charge in [0.2, 0.25) is 11.8 Å². The Balaban J connectivity index is 0.00000264. The zero-order chi connectivity index (χ0) is 16.1. The summed E-state index contributed by atoms with van der Waals surface area (Å²) in [6.45, 7) is 6.12. The van der Waals surface area contributed by atoms with Crippen molar-refractivity contribution < 1.29 is 9.59 Å². The first kappa shape index (κ1) is 19.5. The SMILES string of the molecule is Cc1ccc(C(N)=O)cc1NC(=O)CC(C)C1CCNCC1.Cl. The van der Waals surface area contributed by atoms with Gasteiger partial charge >= 0.3 is 0 Å².